The van der Waals surface area contributed by atoms with E-state index in [1.54, 1.807) is 7.11 Å². The fourth-order valence-electron chi connectivity index (χ4n) is 1.40. The molecule has 3 N–H and O–H groups in total. The molecule has 0 heterocycles. The van der Waals surface area contributed by atoms with E-state index in [-0.39, 0.29) is 0 Å². The van der Waals surface area contributed by atoms with Crippen LogP contribution in [0.2, 0.25) is 0 Å². The molecule has 0 fully saturated rings. The highest BCUT2D eigenvalue weighted by Gasteiger charge is 2.15. The number of benzene rings is 1. The predicted octanol–water partition coefficient (Wildman–Crippen LogP) is 1.72. The van der Waals surface area contributed by atoms with Crippen LogP contribution < -0.4 is 10.5 Å². The molecule has 1 rings (SSSR count). The summed E-state index contributed by atoms with van der Waals surface area (Å²) in [5.41, 5.74) is 7.37. The SMILES string of the molecule is COc1cc(CC(N)C(=O)O)c(C)cc1Br. The second-order valence-corrected chi connectivity index (χ2v) is 4.42. The van der Waals surface area contributed by atoms with E-state index in [4.69, 9.17) is 15.6 Å². The average Bonchev–Trinajstić information content (AvgIpc) is 2.21. The molecule has 0 amide bonds. The molecule has 4 nitrogen and oxygen atoms in total. The van der Waals surface area contributed by atoms with Crippen molar-refractivity contribution in [2.75, 3.05) is 7.11 Å². The van der Waals surface area contributed by atoms with E-state index < -0.39 is 12.0 Å². The lowest BCUT2D eigenvalue weighted by Gasteiger charge is -2.12. The highest BCUT2D eigenvalue weighted by atomic mass is 79.9. The fourth-order valence-corrected chi connectivity index (χ4v) is 2.02. The zero-order chi connectivity index (χ0) is 12.3. The van der Waals surface area contributed by atoms with Gasteiger partial charge in [0.2, 0.25) is 0 Å². The Morgan fingerprint density at radius 1 is 1.62 bits per heavy atom. The van der Waals surface area contributed by atoms with Crippen LogP contribution in [0, 0.1) is 6.92 Å². The van der Waals surface area contributed by atoms with E-state index in [1.165, 1.54) is 0 Å². The largest absolute Gasteiger partial charge is 0.496 e. The van der Waals surface area contributed by atoms with Gasteiger partial charge in [-0.2, -0.15) is 0 Å². The number of methoxy groups -OCH3 is 1. The highest BCUT2D eigenvalue weighted by Crippen LogP contribution is 2.28. The minimum absolute atomic E-state index is 0.296. The maximum Gasteiger partial charge on any atom is 0.320 e. The highest BCUT2D eigenvalue weighted by molar-refractivity contribution is 9.10. The Bertz CT molecular complexity index is 406. The minimum atomic E-state index is -0.999. The van der Waals surface area contributed by atoms with Crippen molar-refractivity contribution < 1.29 is 14.6 Å². The first-order chi connectivity index (χ1) is 7.45. The molecule has 0 bridgehead atoms. The van der Waals surface area contributed by atoms with Crippen LogP contribution in [0.25, 0.3) is 0 Å². The zero-order valence-electron chi connectivity index (χ0n) is 9.16. The number of ether oxygens (including phenoxy) is 1. The van der Waals surface area contributed by atoms with Crippen molar-refractivity contribution >= 4 is 21.9 Å². The van der Waals surface area contributed by atoms with Gasteiger partial charge in [-0.15, -0.1) is 0 Å². The first-order valence-electron chi connectivity index (χ1n) is 4.77. The van der Waals surface area contributed by atoms with Crippen molar-refractivity contribution in [3.05, 3.63) is 27.7 Å². The van der Waals surface area contributed by atoms with E-state index in [9.17, 15) is 4.79 Å². The van der Waals surface area contributed by atoms with Crippen LogP contribution in [0.4, 0.5) is 0 Å². The van der Waals surface area contributed by atoms with Gasteiger partial charge in [-0.25, -0.2) is 0 Å². The quantitative estimate of drug-likeness (QED) is 0.885. The van der Waals surface area contributed by atoms with Crippen molar-refractivity contribution in [2.45, 2.75) is 19.4 Å². The molecular weight excluding hydrogens is 274 g/mol. The van der Waals surface area contributed by atoms with Crippen molar-refractivity contribution in [1.29, 1.82) is 0 Å². The van der Waals surface area contributed by atoms with Gasteiger partial charge in [0.15, 0.2) is 0 Å². The van der Waals surface area contributed by atoms with Crippen LogP contribution in [-0.2, 0) is 11.2 Å². The van der Waals surface area contributed by atoms with Gasteiger partial charge in [0.1, 0.15) is 11.8 Å². The number of carbonyl (C=O) groups is 1. The maximum absolute atomic E-state index is 10.7. The third-order valence-corrected chi connectivity index (χ3v) is 2.99. The number of halogens is 1. The van der Waals surface area contributed by atoms with Gasteiger partial charge in [0, 0.05) is 0 Å². The topological polar surface area (TPSA) is 72.5 Å². The minimum Gasteiger partial charge on any atom is -0.496 e. The monoisotopic (exact) mass is 287 g/mol. The summed E-state index contributed by atoms with van der Waals surface area (Å²) in [6.45, 7) is 1.91. The average molecular weight is 288 g/mol. The second kappa shape index (κ2) is 5.32. The van der Waals surface area contributed by atoms with E-state index >= 15 is 0 Å². The Labute approximate surface area is 103 Å². The molecule has 0 saturated heterocycles. The number of hydrogen-bond donors (Lipinski definition) is 2. The molecule has 0 aliphatic carbocycles. The Morgan fingerprint density at radius 2 is 2.25 bits per heavy atom. The van der Waals surface area contributed by atoms with Crippen molar-refractivity contribution in [1.82, 2.24) is 0 Å². The van der Waals surface area contributed by atoms with E-state index in [2.05, 4.69) is 15.9 Å². The van der Waals surface area contributed by atoms with Gasteiger partial charge < -0.3 is 15.6 Å². The summed E-state index contributed by atoms with van der Waals surface area (Å²) in [7, 11) is 1.57. The first kappa shape index (κ1) is 13.0. The molecule has 0 aromatic heterocycles. The van der Waals surface area contributed by atoms with Crippen LogP contribution in [0.1, 0.15) is 11.1 Å². The number of nitrogens with two attached hydrogens (primary N) is 1. The zero-order valence-corrected chi connectivity index (χ0v) is 10.7. The van der Waals surface area contributed by atoms with Crippen molar-refractivity contribution in [3.8, 4) is 5.75 Å². The molecule has 0 radical (unpaired) electrons. The van der Waals surface area contributed by atoms with E-state index in [0.717, 1.165) is 15.6 Å². The summed E-state index contributed by atoms with van der Waals surface area (Å²) in [5.74, 6) is -0.320. The molecule has 0 aliphatic rings. The molecule has 1 unspecified atom stereocenters. The van der Waals surface area contributed by atoms with Crippen LogP contribution in [0.5, 0.6) is 5.75 Å². The second-order valence-electron chi connectivity index (χ2n) is 3.56. The standard InChI is InChI=1S/C11H14BrNO3/c1-6-3-8(12)10(16-2)5-7(6)4-9(13)11(14)15/h3,5,9H,4,13H2,1-2H3,(H,14,15). The summed E-state index contributed by atoms with van der Waals surface area (Å²) < 4.78 is 5.99. The Balaban J connectivity index is 3.00. The van der Waals surface area contributed by atoms with Gasteiger partial charge in [-0.05, 0) is 52.5 Å². The predicted molar refractivity (Wildman–Crippen MR) is 64.7 cm³/mol. The fraction of sp³-hybridized carbons (Fsp3) is 0.364. The van der Waals surface area contributed by atoms with Gasteiger partial charge in [0.25, 0.3) is 0 Å². The Morgan fingerprint density at radius 3 is 2.75 bits per heavy atom. The molecule has 16 heavy (non-hydrogen) atoms. The van der Waals surface area contributed by atoms with Crippen LogP contribution >= 0.6 is 15.9 Å². The molecular formula is C11H14BrNO3. The molecule has 1 aromatic rings. The summed E-state index contributed by atoms with van der Waals surface area (Å²) in [5, 5.41) is 8.75. The van der Waals surface area contributed by atoms with Crippen LogP contribution in [0.15, 0.2) is 16.6 Å². The number of aryl methyl sites for hydroxylation is 1. The summed E-state index contributed by atoms with van der Waals surface area (Å²) in [6, 6.07) is 2.81. The summed E-state index contributed by atoms with van der Waals surface area (Å²) in [4.78, 5) is 10.7. The van der Waals surface area contributed by atoms with E-state index in [1.807, 2.05) is 19.1 Å². The smallest absolute Gasteiger partial charge is 0.320 e. The molecule has 1 aromatic carbocycles. The number of carboxylic acids is 1. The maximum atomic E-state index is 10.7. The third-order valence-electron chi connectivity index (χ3n) is 2.37. The summed E-state index contributed by atoms with van der Waals surface area (Å²) >= 11 is 3.36. The normalized spacial score (nSPS) is 12.2. The van der Waals surface area contributed by atoms with Crippen LogP contribution in [-0.4, -0.2) is 24.2 Å². The van der Waals surface area contributed by atoms with Crippen LogP contribution in [0.3, 0.4) is 0 Å². The Hall–Kier alpha value is -1.07. The molecule has 0 spiro atoms. The number of aliphatic carboxylic acids is 1. The van der Waals surface area contributed by atoms with Crippen molar-refractivity contribution in [2.24, 2.45) is 5.73 Å². The molecule has 1 atom stereocenters. The van der Waals surface area contributed by atoms with Gasteiger partial charge in [0.05, 0.1) is 11.6 Å². The lowest BCUT2D eigenvalue weighted by atomic mass is 10.0. The number of rotatable bonds is 4. The molecule has 5 heteroatoms. The lowest BCUT2D eigenvalue weighted by molar-refractivity contribution is -0.138. The number of carboxylic acid groups (broad SMARTS) is 1. The molecule has 0 aliphatic heterocycles. The van der Waals surface area contributed by atoms with Crippen molar-refractivity contribution in [3.63, 3.8) is 0 Å². The lowest BCUT2D eigenvalue weighted by Crippen LogP contribution is -2.32. The van der Waals surface area contributed by atoms with Gasteiger partial charge in [-0.1, -0.05) is 0 Å². The summed E-state index contributed by atoms with van der Waals surface area (Å²) in [6.07, 6.45) is 0.296. The van der Waals surface area contributed by atoms with Gasteiger partial charge in [-0.3, -0.25) is 4.79 Å². The number of hydrogen-bond acceptors (Lipinski definition) is 3. The Kier molecular flexibility index (Phi) is 4.32. The van der Waals surface area contributed by atoms with E-state index in [0.29, 0.717) is 12.2 Å². The van der Waals surface area contributed by atoms with Gasteiger partial charge >= 0.3 is 5.97 Å². The first-order valence-corrected chi connectivity index (χ1v) is 5.56. The third kappa shape index (κ3) is 2.96. The molecule has 88 valence electrons. The molecule has 0 saturated carbocycles.